The molecule has 7 heteroatoms. The molecule has 0 bridgehead atoms. The van der Waals surface area contributed by atoms with Crippen LogP contribution in [-0.4, -0.2) is 17.5 Å². The first kappa shape index (κ1) is 17.2. The van der Waals surface area contributed by atoms with E-state index in [4.69, 9.17) is 11.5 Å². The van der Waals surface area contributed by atoms with Gasteiger partial charge in [0.1, 0.15) is 0 Å². The van der Waals surface area contributed by atoms with Gasteiger partial charge in [-0.3, -0.25) is 4.79 Å². The van der Waals surface area contributed by atoms with E-state index in [9.17, 15) is 9.59 Å². The van der Waals surface area contributed by atoms with Gasteiger partial charge >= 0.3 is 6.03 Å². The van der Waals surface area contributed by atoms with Crippen LogP contribution in [-0.2, 0) is 11.3 Å². The topological polar surface area (TPSA) is 110 Å². The summed E-state index contributed by atoms with van der Waals surface area (Å²) < 4.78 is 0. The molecule has 0 fully saturated rings. The number of hydrogen-bond donors (Lipinski definition) is 4. The Morgan fingerprint density at radius 2 is 1.74 bits per heavy atom. The third-order valence-corrected chi connectivity index (χ3v) is 2.26. The van der Waals surface area contributed by atoms with Gasteiger partial charge in [0, 0.05) is 12.2 Å². The quantitative estimate of drug-likeness (QED) is 0.661. The van der Waals surface area contributed by atoms with E-state index in [-0.39, 0.29) is 18.3 Å². The van der Waals surface area contributed by atoms with Crippen molar-refractivity contribution >= 4 is 30.0 Å². The molecule has 0 atom stereocenters. The van der Waals surface area contributed by atoms with Crippen molar-refractivity contribution in [2.75, 3.05) is 5.32 Å². The van der Waals surface area contributed by atoms with Gasteiger partial charge in [-0.15, -0.1) is 12.4 Å². The number of hydrogen-bond acceptors (Lipinski definition) is 3. The first-order chi connectivity index (χ1) is 8.29. The van der Waals surface area contributed by atoms with Crippen molar-refractivity contribution in [3.63, 3.8) is 0 Å². The molecule has 6 N–H and O–H groups in total. The van der Waals surface area contributed by atoms with E-state index in [0.29, 0.717) is 12.2 Å². The zero-order valence-corrected chi connectivity index (χ0v) is 11.7. The molecule has 0 heterocycles. The average Bonchev–Trinajstić information content (AvgIpc) is 2.25. The number of rotatable bonds is 4. The summed E-state index contributed by atoms with van der Waals surface area (Å²) in [5.41, 5.74) is 11.3. The molecule has 0 aromatic heterocycles. The molecule has 0 saturated carbocycles. The van der Waals surface area contributed by atoms with E-state index in [1.165, 1.54) is 0 Å². The normalized spacial score (nSPS) is 10.3. The van der Waals surface area contributed by atoms with Crippen molar-refractivity contribution in [1.29, 1.82) is 0 Å². The lowest BCUT2D eigenvalue weighted by atomic mass is 10.1. The Hall–Kier alpha value is -1.79. The highest BCUT2D eigenvalue weighted by Crippen LogP contribution is 2.09. The van der Waals surface area contributed by atoms with Crippen LogP contribution in [0, 0.1) is 0 Å². The van der Waals surface area contributed by atoms with Crippen LogP contribution in [0.2, 0.25) is 0 Å². The van der Waals surface area contributed by atoms with Crippen LogP contribution in [0.25, 0.3) is 0 Å². The zero-order chi connectivity index (χ0) is 13.8. The van der Waals surface area contributed by atoms with Crippen molar-refractivity contribution < 1.29 is 9.59 Å². The molecule has 1 rings (SSSR count). The molecule has 0 aliphatic carbocycles. The second kappa shape index (κ2) is 6.96. The minimum Gasteiger partial charge on any atom is -0.351 e. The lowest BCUT2D eigenvalue weighted by Gasteiger charge is -2.17. The predicted octanol–water partition coefficient (Wildman–Crippen LogP) is 0.952. The van der Waals surface area contributed by atoms with Crippen LogP contribution in [0.1, 0.15) is 19.4 Å². The summed E-state index contributed by atoms with van der Waals surface area (Å²) >= 11 is 0. The summed E-state index contributed by atoms with van der Waals surface area (Å²) in [5, 5.41) is 5.18. The van der Waals surface area contributed by atoms with Crippen LogP contribution in [0.5, 0.6) is 0 Å². The highest BCUT2D eigenvalue weighted by atomic mass is 35.5. The van der Waals surface area contributed by atoms with E-state index >= 15 is 0 Å². The van der Waals surface area contributed by atoms with Crippen molar-refractivity contribution in [2.24, 2.45) is 11.5 Å². The van der Waals surface area contributed by atoms with Gasteiger partial charge in [-0.25, -0.2) is 4.79 Å². The van der Waals surface area contributed by atoms with E-state index in [1.54, 1.807) is 38.1 Å². The highest BCUT2D eigenvalue weighted by molar-refractivity contribution is 5.87. The zero-order valence-electron chi connectivity index (χ0n) is 10.9. The van der Waals surface area contributed by atoms with E-state index in [2.05, 4.69) is 10.6 Å². The van der Waals surface area contributed by atoms with Crippen molar-refractivity contribution in [1.82, 2.24) is 5.32 Å². The molecule has 106 valence electrons. The molecular formula is C12H19ClN4O2. The number of nitrogens with two attached hydrogens (primary N) is 2. The maximum Gasteiger partial charge on any atom is 0.316 e. The average molecular weight is 287 g/mol. The van der Waals surface area contributed by atoms with Crippen molar-refractivity contribution in [3.05, 3.63) is 29.8 Å². The van der Waals surface area contributed by atoms with Gasteiger partial charge in [-0.1, -0.05) is 12.1 Å². The molecule has 0 spiro atoms. The third-order valence-electron chi connectivity index (χ3n) is 2.26. The standard InChI is InChI=1S/C12H18N4O2.ClH/c1-12(2,14)10(17)15-7-8-3-5-9(6-4-8)16-11(13)18;/h3-6H,7,14H2,1-2H3,(H,15,17)(H3,13,16,18);1H. The smallest absolute Gasteiger partial charge is 0.316 e. The fourth-order valence-corrected chi connectivity index (χ4v) is 1.26. The van der Waals surface area contributed by atoms with Gasteiger partial charge in [-0.2, -0.15) is 0 Å². The number of carbonyl (C=O) groups is 2. The minimum atomic E-state index is -0.895. The Morgan fingerprint density at radius 3 is 2.16 bits per heavy atom. The Bertz CT molecular complexity index is 440. The predicted molar refractivity (Wildman–Crippen MR) is 77.0 cm³/mol. The third kappa shape index (κ3) is 6.08. The van der Waals surface area contributed by atoms with E-state index in [1.807, 2.05) is 0 Å². The number of benzene rings is 1. The fraction of sp³-hybridized carbons (Fsp3) is 0.333. The van der Waals surface area contributed by atoms with Crippen molar-refractivity contribution in [3.8, 4) is 0 Å². The van der Waals surface area contributed by atoms with Gasteiger partial charge in [0.15, 0.2) is 0 Å². The molecular weight excluding hydrogens is 268 g/mol. The minimum absolute atomic E-state index is 0. The van der Waals surface area contributed by atoms with E-state index in [0.717, 1.165) is 5.56 Å². The summed E-state index contributed by atoms with van der Waals surface area (Å²) in [6, 6.07) is 6.38. The molecule has 0 radical (unpaired) electrons. The maximum atomic E-state index is 11.5. The number of carbonyl (C=O) groups excluding carboxylic acids is 2. The van der Waals surface area contributed by atoms with Gasteiger partial charge in [-0.05, 0) is 31.5 Å². The Morgan fingerprint density at radius 1 is 1.21 bits per heavy atom. The second-order valence-corrected chi connectivity index (χ2v) is 4.59. The monoisotopic (exact) mass is 286 g/mol. The Balaban J connectivity index is 0.00000324. The van der Waals surface area contributed by atoms with Crippen LogP contribution in [0.15, 0.2) is 24.3 Å². The SMILES string of the molecule is CC(C)(N)C(=O)NCc1ccc(NC(N)=O)cc1.Cl. The highest BCUT2D eigenvalue weighted by Gasteiger charge is 2.20. The number of primary amides is 1. The largest absolute Gasteiger partial charge is 0.351 e. The molecule has 0 aliphatic heterocycles. The van der Waals surface area contributed by atoms with Gasteiger partial charge in [0.2, 0.25) is 5.91 Å². The number of urea groups is 1. The molecule has 6 nitrogen and oxygen atoms in total. The number of halogens is 1. The van der Waals surface area contributed by atoms with Crippen LogP contribution >= 0.6 is 12.4 Å². The molecule has 19 heavy (non-hydrogen) atoms. The first-order valence-corrected chi connectivity index (χ1v) is 5.51. The molecule has 3 amide bonds. The number of amides is 3. The van der Waals surface area contributed by atoms with Crippen LogP contribution in [0.4, 0.5) is 10.5 Å². The Kier molecular flexibility index (Phi) is 6.31. The van der Waals surface area contributed by atoms with Crippen molar-refractivity contribution in [2.45, 2.75) is 25.9 Å². The van der Waals surface area contributed by atoms with E-state index < -0.39 is 11.6 Å². The molecule has 0 aliphatic rings. The fourth-order valence-electron chi connectivity index (χ4n) is 1.26. The lowest BCUT2D eigenvalue weighted by molar-refractivity contribution is -0.125. The second-order valence-electron chi connectivity index (χ2n) is 4.59. The molecule has 0 saturated heterocycles. The van der Waals surface area contributed by atoms with Crippen LogP contribution in [0.3, 0.4) is 0 Å². The summed E-state index contributed by atoms with van der Waals surface area (Å²) in [7, 11) is 0. The maximum absolute atomic E-state index is 11.5. The summed E-state index contributed by atoms with van der Waals surface area (Å²) in [6.07, 6.45) is 0. The van der Waals surface area contributed by atoms with Crippen LogP contribution < -0.4 is 22.1 Å². The molecule has 0 unspecified atom stereocenters. The number of anilines is 1. The van der Waals surface area contributed by atoms with Gasteiger partial charge in [0.05, 0.1) is 5.54 Å². The summed E-state index contributed by atoms with van der Waals surface area (Å²) in [4.78, 5) is 22.2. The molecule has 1 aromatic rings. The van der Waals surface area contributed by atoms with Gasteiger partial charge < -0.3 is 22.1 Å². The summed E-state index contributed by atoms with van der Waals surface area (Å²) in [6.45, 7) is 3.67. The molecule has 1 aromatic carbocycles. The van der Waals surface area contributed by atoms with Gasteiger partial charge in [0.25, 0.3) is 0 Å². The Labute approximate surface area is 118 Å². The first-order valence-electron chi connectivity index (χ1n) is 5.51. The lowest BCUT2D eigenvalue weighted by Crippen LogP contribution is -2.48. The summed E-state index contributed by atoms with van der Waals surface area (Å²) in [5.74, 6) is -0.221. The number of nitrogens with one attached hydrogen (secondary N) is 2.